The first-order chi connectivity index (χ1) is 35.8. The topological polar surface area (TPSA) is 277 Å². The second-order valence-electron chi connectivity index (χ2n) is 18.1. The first kappa shape index (κ1) is 52.9. The van der Waals surface area contributed by atoms with Crippen LogP contribution in [-0.2, 0) is 26.1 Å². The highest BCUT2D eigenvalue weighted by Crippen LogP contribution is 2.39. The van der Waals surface area contributed by atoms with E-state index in [1.807, 2.05) is 48.7 Å². The Labute approximate surface area is 426 Å². The monoisotopic (exact) mass is 1020 g/mol. The molecule has 392 valence electrons. The average molecular weight is 1020 g/mol. The minimum Gasteiger partial charge on any atom is -0.493 e. The number of hydrogen-bond donors (Lipinski definition) is 8. The van der Waals surface area contributed by atoms with E-state index < -0.39 is 48.9 Å². The highest BCUT2D eigenvalue weighted by molar-refractivity contribution is 6.06. The molecule has 7 atom stereocenters. The average Bonchev–Trinajstić information content (AvgIpc) is 3.97. The summed E-state index contributed by atoms with van der Waals surface area (Å²) in [5, 5.41) is 56.4. The molecule has 2 saturated heterocycles. The van der Waals surface area contributed by atoms with Gasteiger partial charge in [-0.25, -0.2) is 0 Å². The van der Waals surface area contributed by atoms with Crippen LogP contribution in [0, 0.1) is 0 Å². The number of aliphatic hydroxyl groups excluding tert-OH is 5. The van der Waals surface area contributed by atoms with E-state index in [4.69, 9.17) is 28.8 Å². The van der Waals surface area contributed by atoms with Crippen molar-refractivity contribution in [1.29, 1.82) is 0 Å². The molecule has 2 aromatic heterocycles. The van der Waals surface area contributed by atoms with E-state index in [0.717, 1.165) is 18.2 Å². The molecule has 74 heavy (non-hydrogen) atoms. The van der Waals surface area contributed by atoms with Crippen molar-refractivity contribution in [2.75, 3.05) is 56.5 Å². The van der Waals surface area contributed by atoms with Crippen molar-refractivity contribution in [2.45, 2.75) is 81.5 Å². The summed E-state index contributed by atoms with van der Waals surface area (Å²) >= 11 is 0. The fourth-order valence-electron chi connectivity index (χ4n) is 9.16. The Morgan fingerprint density at radius 3 is 2.30 bits per heavy atom. The maximum absolute atomic E-state index is 13.9. The molecule has 0 spiro atoms. The number of carbonyl (C=O) groups excluding carboxylic acids is 4. The normalized spacial score (nSPS) is 22.2. The van der Waals surface area contributed by atoms with Crippen molar-refractivity contribution >= 4 is 52.6 Å². The van der Waals surface area contributed by atoms with Crippen LogP contribution in [0.5, 0.6) is 11.5 Å². The Bertz CT molecular complexity index is 2850. The molecule has 4 amide bonds. The van der Waals surface area contributed by atoms with Crippen molar-refractivity contribution in [3.63, 3.8) is 0 Å². The number of rotatable bonds is 16. The van der Waals surface area contributed by atoms with Gasteiger partial charge in [0.1, 0.15) is 17.5 Å². The lowest BCUT2D eigenvalue weighted by Gasteiger charge is -2.36. The van der Waals surface area contributed by atoms with Crippen molar-refractivity contribution < 1.29 is 68.4 Å². The van der Waals surface area contributed by atoms with Gasteiger partial charge in [-0.2, -0.15) is 0 Å². The number of para-hydroxylation sites is 1. The van der Waals surface area contributed by atoms with Crippen LogP contribution >= 0.6 is 0 Å². The third-order valence-corrected chi connectivity index (χ3v) is 12.8. The van der Waals surface area contributed by atoms with Gasteiger partial charge >= 0.3 is 0 Å². The molecule has 7 unspecified atom stereocenters. The van der Waals surface area contributed by atoms with Gasteiger partial charge in [0.2, 0.25) is 12.2 Å². The van der Waals surface area contributed by atoms with Crippen LogP contribution < -0.4 is 25.4 Å². The molecule has 21 nitrogen and oxygen atoms in total. The van der Waals surface area contributed by atoms with Crippen LogP contribution in [0.3, 0.4) is 0 Å². The van der Waals surface area contributed by atoms with E-state index in [1.54, 1.807) is 59.1 Å². The minimum absolute atomic E-state index is 0.0176. The molecule has 6 heterocycles. The number of amides is 4. The number of aliphatic hydroxyl groups is 5. The van der Waals surface area contributed by atoms with Crippen LogP contribution in [0.25, 0.3) is 11.1 Å². The Kier molecular flexibility index (Phi) is 17.2. The third-order valence-electron chi connectivity index (χ3n) is 12.8. The van der Waals surface area contributed by atoms with Gasteiger partial charge in [0, 0.05) is 94.4 Å². The van der Waals surface area contributed by atoms with Gasteiger partial charge in [-0.05, 0) is 60.5 Å². The van der Waals surface area contributed by atoms with Crippen LogP contribution in [0.4, 0.5) is 22.7 Å². The molecule has 0 bridgehead atoms. The number of hydrogen-bond acceptors (Lipinski definition) is 15. The molecule has 3 aromatic carbocycles. The second-order valence-corrected chi connectivity index (χ2v) is 18.1. The fraction of sp³-hybridized carbons (Fsp3) is 0.377. The zero-order chi connectivity index (χ0) is 52.5. The van der Waals surface area contributed by atoms with Gasteiger partial charge in [-0.15, -0.1) is 0 Å². The van der Waals surface area contributed by atoms with Gasteiger partial charge < -0.3 is 79.2 Å². The number of aromatic nitrogens is 2. The lowest BCUT2D eigenvalue weighted by Crippen LogP contribution is -2.44. The van der Waals surface area contributed by atoms with Gasteiger partial charge in [0.15, 0.2) is 17.7 Å². The van der Waals surface area contributed by atoms with Gasteiger partial charge in [0.05, 0.1) is 74.0 Å². The van der Waals surface area contributed by atoms with E-state index in [2.05, 4.69) is 20.9 Å². The summed E-state index contributed by atoms with van der Waals surface area (Å²) in [6.45, 7) is 0.0477. The van der Waals surface area contributed by atoms with Crippen molar-refractivity contribution in [3.05, 3.63) is 120 Å². The maximum atomic E-state index is 13.9. The van der Waals surface area contributed by atoms with Crippen LogP contribution in [0.1, 0.15) is 76.1 Å². The summed E-state index contributed by atoms with van der Waals surface area (Å²) in [7, 11) is 4.25. The lowest BCUT2D eigenvalue weighted by atomic mass is 10.0. The number of aliphatic imine (C=N–C) groups is 1. The van der Waals surface area contributed by atoms with E-state index in [-0.39, 0.29) is 81.2 Å². The molecule has 21 heteroatoms. The van der Waals surface area contributed by atoms with Crippen LogP contribution in [0.15, 0.2) is 108 Å². The van der Waals surface area contributed by atoms with Crippen molar-refractivity contribution in [1.82, 2.24) is 14.0 Å². The Balaban J connectivity index is 0.00000360. The molecule has 9 rings (SSSR count). The third kappa shape index (κ3) is 12.5. The second kappa shape index (κ2) is 24.1. The van der Waals surface area contributed by atoms with Crippen LogP contribution in [0.2, 0.25) is 0 Å². The molecular formula is C53H61N7O14. The SMILES string of the molecule is CO.COc1cc2c(cc1OCCCC(=O)Nc1cc(C(=O)Nc3ccc(-c4cc(C(=O)Nc5ccccc5)n(C)c4)cc3)n(C3OCC(O)CC3O)c1)N=CC1CC(OC3CC(O)CC(CO)O3)=CCN1C2=O. The number of fused-ring (bicyclic) bond motifs is 2. The first-order valence-electron chi connectivity index (χ1n) is 24.2. The predicted molar refractivity (Wildman–Crippen MR) is 271 cm³/mol. The molecule has 8 N–H and O–H groups in total. The van der Waals surface area contributed by atoms with Crippen molar-refractivity contribution in [2.24, 2.45) is 12.0 Å². The number of nitrogens with one attached hydrogen (secondary N) is 3. The van der Waals surface area contributed by atoms with E-state index >= 15 is 0 Å². The number of anilines is 3. The van der Waals surface area contributed by atoms with Crippen molar-refractivity contribution in [3.8, 4) is 22.6 Å². The van der Waals surface area contributed by atoms with E-state index in [1.165, 1.54) is 23.9 Å². The Hall–Kier alpha value is -7.37. The number of methoxy groups -OCH3 is 1. The molecule has 0 saturated carbocycles. The summed E-state index contributed by atoms with van der Waals surface area (Å²) in [6, 6.07) is 22.3. The van der Waals surface area contributed by atoms with E-state index in [9.17, 15) is 39.6 Å². The maximum Gasteiger partial charge on any atom is 0.272 e. The van der Waals surface area contributed by atoms with Crippen LogP contribution in [-0.4, -0.2) is 147 Å². The molecule has 4 aliphatic rings. The summed E-state index contributed by atoms with van der Waals surface area (Å²) < 4.78 is 32.5. The first-order valence-corrected chi connectivity index (χ1v) is 24.2. The number of carbonyl (C=O) groups is 4. The Morgan fingerprint density at radius 2 is 1.57 bits per heavy atom. The summed E-state index contributed by atoms with van der Waals surface area (Å²) in [5.74, 6) is -0.213. The zero-order valence-corrected chi connectivity index (χ0v) is 41.1. The summed E-state index contributed by atoms with van der Waals surface area (Å²) in [4.78, 5) is 60.4. The Morgan fingerprint density at radius 1 is 0.824 bits per heavy atom. The standard InChI is InChI=1S/C52H57N7O13.CH4O/c1-57-26-31(17-42(57)49(65)55-32-7-4-3-5-8-32)30-10-12-33(13-11-30)56-50(66)43-18-34(27-59(43)52-44(63)21-37(62)29-70-52)54-47(64)9-6-16-69-46-24-41-40(23-45(46)68-2)51(67)58-15-14-38(19-35(58)25-53-41)71-48-22-36(61)20-39(28-60)72-48;1-2/h3-5,7-8,10-14,17-18,23-27,35-37,39,44,48,52,60-63H,6,9,15-16,19-22,28-29H2,1-2H3,(H,54,64)(H,55,65)(H,56,66);2H,1H3. The van der Waals surface area contributed by atoms with E-state index in [0.29, 0.717) is 58.4 Å². The molecule has 0 radical (unpaired) electrons. The number of benzene rings is 3. The molecule has 5 aromatic rings. The minimum atomic E-state index is -1.15. The quantitative estimate of drug-likeness (QED) is 0.0621. The lowest BCUT2D eigenvalue weighted by molar-refractivity contribution is -0.207. The molecular weight excluding hydrogens is 959 g/mol. The summed E-state index contributed by atoms with van der Waals surface area (Å²) in [6.07, 6.45) is 3.07. The number of aryl methyl sites for hydroxylation is 1. The highest BCUT2D eigenvalue weighted by atomic mass is 16.7. The van der Waals surface area contributed by atoms with Gasteiger partial charge in [0.25, 0.3) is 17.7 Å². The summed E-state index contributed by atoms with van der Waals surface area (Å²) in [5.41, 5.74) is 4.27. The predicted octanol–water partition coefficient (Wildman–Crippen LogP) is 4.74. The molecule has 2 fully saturated rings. The zero-order valence-electron chi connectivity index (χ0n) is 41.1. The highest BCUT2D eigenvalue weighted by Gasteiger charge is 2.36. The smallest absolute Gasteiger partial charge is 0.272 e. The number of ether oxygens (including phenoxy) is 5. The largest absolute Gasteiger partial charge is 0.493 e. The van der Waals surface area contributed by atoms with Gasteiger partial charge in [-0.3, -0.25) is 24.2 Å². The fourth-order valence-corrected chi connectivity index (χ4v) is 9.16. The molecule has 4 aliphatic heterocycles. The molecule has 0 aliphatic carbocycles. The van der Waals surface area contributed by atoms with Gasteiger partial charge in [-0.1, -0.05) is 30.3 Å². The number of nitrogens with zero attached hydrogens (tertiary/aromatic N) is 4.